The number of fused-ring (bicyclic) bond motifs is 1. The fraction of sp³-hybridized carbons (Fsp3) is 0.294. The molecule has 110 valence electrons. The molecule has 0 unspecified atom stereocenters. The monoisotopic (exact) mass is 285 g/mol. The maximum absolute atomic E-state index is 5.99. The van der Waals surface area contributed by atoms with Gasteiger partial charge in [0.25, 0.3) is 0 Å². The van der Waals surface area contributed by atoms with Gasteiger partial charge in [-0.05, 0) is 11.6 Å². The lowest BCUT2D eigenvalue weighted by atomic mass is 9.99. The van der Waals surface area contributed by atoms with E-state index in [1.165, 1.54) is 5.56 Å². The summed E-state index contributed by atoms with van der Waals surface area (Å²) in [5, 5.41) is 0. The van der Waals surface area contributed by atoms with Gasteiger partial charge in [-0.2, -0.15) is 0 Å². The van der Waals surface area contributed by atoms with Crippen molar-refractivity contribution < 1.29 is 14.2 Å². The zero-order valence-electron chi connectivity index (χ0n) is 12.3. The van der Waals surface area contributed by atoms with E-state index in [4.69, 9.17) is 19.9 Å². The Morgan fingerprint density at radius 1 is 1.10 bits per heavy atom. The smallest absolute Gasteiger partial charge is 0.168 e. The summed E-state index contributed by atoms with van der Waals surface area (Å²) in [5.41, 5.74) is 8.90. The largest absolute Gasteiger partial charge is 0.493 e. The van der Waals surface area contributed by atoms with Crippen molar-refractivity contribution in [3.8, 4) is 28.4 Å². The number of methoxy groups -OCH3 is 2. The average Bonchev–Trinajstić information content (AvgIpc) is 2.97. The number of benzene rings is 2. The first-order chi connectivity index (χ1) is 10.3. The molecular formula is C17H19NO3. The number of nitrogens with two attached hydrogens (primary N) is 1. The van der Waals surface area contributed by atoms with Crippen LogP contribution in [0.1, 0.15) is 5.56 Å². The molecule has 21 heavy (non-hydrogen) atoms. The Bertz CT molecular complexity index is 654. The predicted octanol–water partition coefficient (Wildman–Crippen LogP) is 2.63. The third-order valence-electron chi connectivity index (χ3n) is 3.78. The second-order valence-electron chi connectivity index (χ2n) is 5.01. The third-order valence-corrected chi connectivity index (χ3v) is 3.78. The van der Waals surface area contributed by atoms with Crippen molar-refractivity contribution in [2.75, 3.05) is 20.8 Å². The highest BCUT2D eigenvalue weighted by molar-refractivity contribution is 5.80. The molecule has 1 atom stereocenters. The topological polar surface area (TPSA) is 53.7 Å². The molecule has 4 heteroatoms. The summed E-state index contributed by atoms with van der Waals surface area (Å²) in [4.78, 5) is 0. The van der Waals surface area contributed by atoms with Crippen molar-refractivity contribution in [3.05, 3.63) is 42.0 Å². The minimum absolute atomic E-state index is 0.0535. The maximum atomic E-state index is 5.99. The Balaban J connectivity index is 2.13. The zero-order valence-corrected chi connectivity index (χ0v) is 12.3. The van der Waals surface area contributed by atoms with Gasteiger partial charge >= 0.3 is 0 Å². The van der Waals surface area contributed by atoms with E-state index < -0.39 is 0 Å². The van der Waals surface area contributed by atoms with Gasteiger partial charge in [0.1, 0.15) is 11.9 Å². The highest BCUT2D eigenvalue weighted by atomic mass is 16.5. The summed E-state index contributed by atoms with van der Waals surface area (Å²) < 4.78 is 16.9. The van der Waals surface area contributed by atoms with Gasteiger partial charge in [-0.15, -0.1) is 0 Å². The minimum Gasteiger partial charge on any atom is -0.493 e. The molecule has 3 rings (SSSR count). The van der Waals surface area contributed by atoms with Gasteiger partial charge in [0, 0.05) is 24.1 Å². The molecule has 2 aromatic rings. The van der Waals surface area contributed by atoms with E-state index in [1.54, 1.807) is 14.2 Å². The summed E-state index contributed by atoms with van der Waals surface area (Å²) in [5.74, 6) is 2.33. The molecule has 0 saturated heterocycles. The Hall–Kier alpha value is -2.20. The molecule has 4 nitrogen and oxygen atoms in total. The quantitative estimate of drug-likeness (QED) is 0.938. The summed E-state index contributed by atoms with van der Waals surface area (Å²) in [6, 6.07) is 12.0. The van der Waals surface area contributed by atoms with Crippen molar-refractivity contribution >= 4 is 0 Å². The lowest BCUT2D eigenvalue weighted by molar-refractivity contribution is 0.242. The number of para-hydroxylation sites is 2. The molecule has 0 spiro atoms. The van der Waals surface area contributed by atoms with E-state index >= 15 is 0 Å². The summed E-state index contributed by atoms with van der Waals surface area (Å²) in [6.45, 7) is 0.517. The summed E-state index contributed by atoms with van der Waals surface area (Å²) in [7, 11) is 3.28. The Morgan fingerprint density at radius 2 is 1.86 bits per heavy atom. The Labute approximate surface area is 124 Å². The first-order valence-electron chi connectivity index (χ1n) is 6.98. The highest BCUT2D eigenvalue weighted by Crippen LogP contribution is 2.44. The van der Waals surface area contributed by atoms with Crippen LogP contribution >= 0.6 is 0 Å². The molecule has 1 aliphatic rings. The molecule has 0 radical (unpaired) electrons. The van der Waals surface area contributed by atoms with E-state index in [0.717, 1.165) is 23.3 Å². The summed E-state index contributed by atoms with van der Waals surface area (Å²) in [6.07, 6.45) is 0.907. The van der Waals surface area contributed by atoms with Crippen molar-refractivity contribution in [2.24, 2.45) is 5.73 Å². The Kier molecular flexibility index (Phi) is 3.71. The van der Waals surface area contributed by atoms with Crippen molar-refractivity contribution in [3.63, 3.8) is 0 Å². The number of rotatable bonds is 4. The van der Waals surface area contributed by atoms with E-state index in [1.807, 2.05) is 30.3 Å². The maximum Gasteiger partial charge on any atom is 0.168 e. The van der Waals surface area contributed by atoms with Gasteiger partial charge in [-0.3, -0.25) is 0 Å². The molecule has 2 aromatic carbocycles. The fourth-order valence-corrected chi connectivity index (χ4v) is 2.78. The number of hydrogen-bond acceptors (Lipinski definition) is 4. The average molecular weight is 285 g/mol. The second kappa shape index (κ2) is 5.66. The molecule has 1 heterocycles. The van der Waals surface area contributed by atoms with Crippen LogP contribution in [0.25, 0.3) is 11.1 Å². The molecule has 0 saturated carbocycles. The minimum atomic E-state index is 0.0535. The fourth-order valence-electron chi connectivity index (χ4n) is 2.78. The molecule has 0 amide bonds. The molecule has 0 aromatic heterocycles. The van der Waals surface area contributed by atoms with Crippen LogP contribution < -0.4 is 19.9 Å². The molecule has 0 aliphatic carbocycles. The number of hydrogen-bond donors (Lipinski definition) is 1. The number of ether oxygens (including phenoxy) is 3. The van der Waals surface area contributed by atoms with E-state index in [2.05, 4.69) is 6.07 Å². The van der Waals surface area contributed by atoms with Crippen LogP contribution in [0, 0.1) is 0 Å². The Morgan fingerprint density at radius 3 is 2.57 bits per heavy atom. The van der Waals surface area contributed by atoms with E-state index in [9.17, 15) is 0 Å². The lowest BCUT2D eigenvalue weighted by Gasteiger charge is -2.15. The van der Waals surface area contributed by atoms with Gasteiger partial charge in [-0.1, -0.05) is 30.3 Å². The van der Waals surface area contributed by atoms with Gasteiger partial charge < -0.3 is 19.9 Å². The zero-order chi connectivity index (χ0) is 14.8. The van der Waals surface area contributed by atoms with Crippen LogP contribution in [0.15, 0.2) is 36.4 Å². The molecular weight excluding hydrogens is 266 g/mol. The SMILES string of the molecule is COc1cccc(-c2cccc3c2O[C@H](CN)C3)c1OC. The molecule has 0 bridgehead atoms. The first kappa shape index (κ1) is 13.8. The highest BCUT2D eigenvalue weighted by Gasteiger charge is 2.26. The normalized spacial score (nSPS) is 16.2. The van der Waals surface area contributed by atoms with Gasteiger partial charge in [0.05, 0.1) is 14.2 Å². The van der Waals surface area contributed by atoms with Crippen LogP contribution in [0.2, 0.25) is 0 Å². The van der Waals surface area contributed by atoms with Crippen LogP contribution in [0.5, 0.6) is 17.2 Å². The first-order valence-corrected chi connectivity index (χ1v) is 6.98. The van der Waals surface area contributed by atoms with E-state index in [0.29, 0.717) is 18.0 Å². The van der Waals surface area contributed by atoms with E-state index in [-0.39, 0.29) is 6.10 Å². The van der Waals surface area contributed by atoms with Gasteiger partial charge in [-0.25, -0.2) is 0 Å². The second-order valence-corrected chi connectivity index (χ2v) is 5.01. The summed E-state index contributed by atoms with van der Waals surface area (Å²) >= 11 is 0. The predicted molar refractivity (Wildman–Crippen MR) is 82.2 cm³/mol. The van der Waals surface area contributed by atoms with Crippen LogP contribution in [0.3, 0.4) is 0 Å². The molecule has 1 aliphatic heterocycles. The standard InChI is InChI=1S/C17H19NO3/c1-19-15-8-4-7-14(17(15)20-2)13-6-3-5-11-9-12(10-18)21-16(11)13/h3-8,12H,9-10,18H2,1-2H3/t12-/m0/s1. The van der Waals surface area contributed by atoms with Crippen molar-refractivity contribution in [2.45, 2.75) is 12.5 Å². The van der Waals surface area contributed by atoms with Crippen LogP contribution in [-0.4, -0.2) is 26.9 Å². The third kappa shape index (κ3) is 2.32. The van der Waals surface area contributed by atoms with Crippen LogP contribution in [0.4, 0.5) is 0 Å². The van der Waals surface area contributed by atoms with Crippen LogP contribution in [-0.2, 0) is 6.42 Å². The van der Waals surface area contributed by atoms with Crippen molar-refractivity contribution in [1.82, 2.24) is 0 Å². The van der Waals surface area contributed by atoms with Crippen molar-refractivity contribution in [1.29, 1.82) is 0 Å². The molecule has 2 N–H and O–H groups in total. The van der Waals surface area contributed by atoms with Gasteiger partial charge in [0.2, 0.25) is 0 Å². The van der Waals surface area contributed by atoms with Gasteiger partial charge in [0.15, 0.2) is 11.5 Å². The molecule has 0 fully saturated rings. The lowest BCUT2D eigenvalue weighted by Crippen LogP contribution is -2.24.